The van der Waals surface area contributed by atoms with Gasteiger partial charge in [0.2, 0.25) is 0 Å². The van der Waals surface area contributed by atoms with E-state index in [0.29, 0.717) is 0 Å². The summed E-state index contributed by atoms with van der Waals surface area (Å²) in [5.41, 5.74) is 1.18. The minimum atomic E-state index is -0.0822. The third kappa shape index (κ3) is 3.32. The van der Waals surface area contributed by atoms with E-state index in [1.165, 1.54) is 70.1 Å². The van der Waals surface area contributed by atoms with Crippen LogP contribution in [0.15, 0.2) is 24.3 Å². The molecule has 2 unspecified atom stereocenters. The van der Waals surface area contributed by atoms with Crippen LogP contribution in [0.5, 0.6) is 0 Å². The molecule has 0 radical (unpaired) electrons. The van der Waals surface area contributed by atoms with Gasteiger partial charge < -0.3 is 9.80 Å². The molecule has 2 nitrogen and oxygen atoms in total. The molecular weight excluding hydrogens is 287 g/mol. The van der Waals surface area contributed by atoms with Crippen molar-refractivity contribution in [3.63, 3.8) is 0 Å². The number of nitrogens with one attached hydrogen (secondary N) is 2. The van der Waals surface area contributed by atoms with Crippen LogP contribution in [0.25, 0.3) is 0 Å². The van der Waals surface area contributed by atoms with Crippen LogP contribution in [-0.2, 0) is 6.54 Å². The second-order valence-corrected chi connectivity index (χ2v) is 8.05. The molecular formula is C20H31FN2+2. The molecule has 2 N–H and O–H groups in total. The number of piperazine rings is 1. The zero-order chi connectivity index (χ0) is 15.6. The molecule has 23 heavy (non-hydrogen) atoms. The highest BCUT2D eigenvalue weighted by molar-refractivity contribution is 5.15. The van der Waals surface area contributed by atoms with Crippen LogP contribution >= 0.6 is 0 Å². The van der Waals surface area contributed by atoms with Crippen molar-refractivity contribution in [3.05, 3.63) is 35.6 Å². The number of hydrogen-bond donors (Lipinski definition) is 2. The summed E-state index contributed by atoms with van der Waals surface area (Å²) in [5.74, 6) is 0.826. The van der Waals surface area contributed by atoms with Gasteiger partial charge in [0.05, 0.1) is 6.54 Å². The smallest absolute Gasteiger partial charge is 0.143 e. The molecule has 1 saturated carbocycles. The second-order valence-electron chi connectivity index (χ2n) is 8.05. The van der Waals surface area contributed by atoms with Crippen molar-refractivity contribution in [1.29, 1.82) is 0 Å². The summed E-state index contributed by atoms with van der Waals surface area (Å²) in [6.45, 7) is 4.99. The van der Waals surface area contributed by atoms with Crippen molar-refractivity contribution in [2.24, 2.45) is 5.92 Å². The van der Waals surface area contributed by atoms with Gasteiger partial charge in [0.25, 0.3) is 0 Å². The first kappa shape index (κ1) is 15.6. The predicted octanol–water partition coefficient (Wildman–Crippen LogP) is 1.22. The van der Waals surface area contributed by atoms with E-state index in [-0.39, 0.29) is 5.82 Å². The van der Waals surface area contributed by atoms with E-state index in [4.69, 9.17) is 0 Å². The van der Waals surface area contributed by atoms with E-state index < -0.39 is 0 Å². The molecule has 2 aliphatic heterocycles. The lowest BCUT2D eigenvalue weighted by Gasteiger charge is -2.44. The maximum Gasteiger partial charge on any atom is 0.143 e. The minimum absolute atomic E-state index is 0.0822. The van der Waals surface area contributed by atoms with E-state index in [2.05, 4.69) is 6.07 Å². The Morgan fingerprint density at radius 1 is 0.957 bits per heavy atom. The zero-order valence-corrected chi connectivity index (χ0v) is 14.2. The number of hydrogen-bond acceptors (Lipinski definition) is 0. The summed E-state index contributed by atoms with van der Waals surface area (Å²) in [6.07, 6.45) is 9.98. The molecule has 3 aliphatic rings. The third-order valence-corrected chi connectivity index (χ3v) is 6.69. The normalized spacial score (nSPS) is 35.2. The molecule has 1 aromatic rings. The van der Waals surface area contributed by atoms with Gasteiger partial charge in [0.1, 0.15) is 37.5 Å². The van der Waals surface area contributed by atoms with Crippen LogP contribution in [0.1, 0.15) is 50.5 Å². The average Bonchev–Trinajstić information content (AvgIpc) is 3.04. The van der Waals surface area contributed by atoms with Gasteiger partial charge in [-0.3, -0.25) is 0 Å². The maximum atomic E-state index is 13.6. The number of fused-ring (bicyclic) bond motifs is 1. The van der Waals surface area contributed by atoms with Crippen molar-refractivity contribution in [2.45, 2.75) is 63.6 Å². The average molecular weight is 318 g/mol. The van der Waals surface area contributed by atoms with Crippen LogP contribution in [0, 0.1) is 11.7 Å². The molecule has 0 amide bonds. The van der Waals surface area contributed by atoms with Gasteiger partial charge in [-0.05, 0) is 25.0 Å². The summed E-state index contributed by atoms with van der Waals surface area (Å²) in [5, 5.41) is 0. The lowest BCUT2D eigenvalue weighted by atomic mass is 9.78. The Bertz CT molecular complexity index is 526. The lowest BCUT2D eigenvalue weighted by molar-refractivity contribution is -1.05. The molecule has 126 valence electrons. The summed E-state index contributed by atoms with van der Waals surface area (Å²) < 4.78 is 13.6. The molecule has 0 bridgehead atoms. The van der Waals surface area contributed by atoms with Crippen molar-refractivity contribution in [1.82, 2.24) is 0 Å². The Morgan fingerprint density at radius 3 is 2.65 bits per heavy atom. The van der Waals surface area contributed by atoms with Crippen molar-refractivity contribution in [2.75, 3.05) is 19.6 Å². The van der Waals surface area contributed by atoms with Gasteiger partial charge >= 0.3 is 0 Å². The molecule has 1 aromatic carbocycles. The number of rotatable bonds is 3. The molecule has 1 aliphatic carbocycles. The molecule has 0 aromatic heterocycles. The molecule has 4 rings (SSSR count). The fraction of sp³-hybridized carbons (Fsp3) is 0.700. The van der Waals surface area contributed by atoms with Gasteiger partial charge in [-0.25, -0.2) is 4.39 Å². The van der Waals surface area contributed by atoms with Gasteiger partial charge in [-0.1, -0.05) is 31.4 Å². The summed E-state index contributed by atoms with van der Waals surface area (Å²) in [4.78, 5) is 3.63. The van der Waals surface area contributed by atoms with Crippen molar-refractivity contribution < 1.29 is 14.2 Å². The second kappa shape index (κ2) is 6.90. The van der Waals surface area contributed by atoms with E-state index in [9.17, 15) is 4.39 Å². The van der Waals surface area contributed by atoms with Crippen LogP contribution in [0.2, 0.25) is 0 Å². The maximum absolute atomic E-state index is 13.6. The number of quaternary nitrogens is 2. The fourth-order valence-corrected chi connectivity index (χ4v) is 5.73. The van der Waals surface area contributed by atoms with Crippen LogP contribution in [0.4, 0.5) is 4.39 Å². The lowest BCUT2D eigenvalue weighted by Crippen LogP contribution is -3.32. The minimum Gasteiger partial charge on any atom is -0.323 e. The molecule has 2 saturated heterocycles. The van der Waals surface area contributed by atoms with Gasteiger partial charge in [-0.2, -0.15) is 0 Å². The van der Waals surface area contributed by atoms with E-state index >= 15 is 0 Å². The Balaban J connectivity index is 1.55. The SMILES string of the molecule is Fc1cccc(C[NH+]2CC[NH+]3CCC[C@@H]3[C@@H]2C2CCCCC2)c1. The Labute approximate surface area is 139 Å². The first-order valence-electron chi connectivity index (χ1n) is 9.75. The molecule has 0 spiro atoms. The van der Waals surface area contributed by atoms with Gasteiger partial charge in [-0.15, -0.1) is 0 Å². The first-order chi connectivity index (χ1) is 11.3. The first-order valence-corrected chi connectivity index (χ1v) is 9.75. The quantitative estimate of drug-likeness (QED) is 0.829. The monoisotopic (exact) mass is 318 g/mol. The topological polar surface area (TPSA) is 8.88 Å². The predicted molar refractivity (Wildman–Crippen MR) is 90.0 cm³/mol. The molecule has 4 atom stereocenters. The Kier molecular flexibility index (Phi) is 4.68. The van der Waals surface area contributed by atoms with Crippen LogP contribution < -0.4 is 9.80 Å². The molecule has 3 fully saturated rings. The summed E-state index contributed by atoms with van der Waals surface area (Å²) in [7, 11) is 0. The van der Waals surface area contributed by atoms with Crippen molar-refractivity contribution >= 4 is 0 Å². The highest BCUT2D eigenvalue weighted by Crippen LogP contribution is 2.28. The van der Waals surface area contributed by atoms with E-state index in [1.807, 2.05) is 11.0 Å². The standard InChI is InChI=1S/C20H29FN2/c21-18-9-4-6-16(14-18)15-23-13-12-22-11-5-10-19(22)20(23)17-7-2-1-3-8-17/h4,6,9,14,17,19-20H,1-3,5,7-8,10-13,15H2/p+2/t19-,20+/m1/s1. The summed E-state index contributed by atoms with van der Waals surface area (Å²) >= 11 is 0. The van der Waals surface area contributed by atoms with E-state index in [1.54, 1.807) is 17.0 Å². The number of halogens is 1. The molecule has 3 heteroatoms. The Hall–Kier alpha value is -0.930. The summed E-state index contributed by atoms with van der Waals surface area (Å²) in [6, 6.07) is 8.98. The van der Waals surface area contributed by atoms with Crippen molar-refractivity contribution in [3.8, 4) is 0 Å². The van der Waals surface area contributed by atoms with E-state index in [0.717, 1.165) is 24.5 Å². The highest BCUT2D eigenvalue weighted by Gasteiger charge is 2.49. The number of benzene rings is 1. The third-order valence-electron chi connectivity index (χ3n) is 6.69. The van der Waals surface area contributed by atoms with Crippen LogP contribution in [0.3, 0.4) is 0 Å². The molecule has 2 heterocycles. The highest BCUT2D eigenvalue weighted by atomic mass is 19.1. The largest absolute Gasteiger partial charge is 0.323 e. The fourth-order valence-electron chi connectivity index (χ4n) is 5.73. The zero-order valence-electron chi connectivity index (χ0n) is 14.2. The van der Waals surface area contributed by atoms with Gasteiger partial charge in [0, 0.05) is 24.3 Å². The Morgan fingerprint density at radius 2 is 1.83 bits per heavy atom. The van der Waals surface area contributed by atoms with Gasteiger partial charge in [0.15, 0.2) is 0 Å². The van der Waals surface area contributed by atoms with Crippen LogP contribution in [-0.4, -0.2) is 31.7 Å².